The summed E-state index contributed by atoms with van der Waals surface area (Å²) in [6.45, 7) is 4.86. The Morgan fingerprint density at radius 1 is 1.00 bits per heavy atom. The minimum atomic E-state index is 0.00516. The third kappa shape index (κ3) is 4.16. The molecule has 0 spiro atoms. The highest BCUT2D eigenvalue weighted by atomic mass is 32.1. The summed E-state index contributed by atoms with van der Waals surface area (Å²) in [5, 5.41) is 13.7. The first-order valence-corrected chi connectivity index (χ1v) is 11.3. The molecule has 4 aromatic rings. The Balaban J connectivity index is 1.38. The van der Waals surface area contributed by atoms with E-state index in [2.05, 4.69) is 67.8 Å². The van der Waals surface area contributed by atoms with Crippen molar-refractivity contribution in [1.29, 1.82) is 0 Å². The Hall–Kier alpha value is -2.88. The number of benzene rings is 2. The molecule has 2 aromatic carbocycles. The summed E-state index contributed by atoms with van der Waals surface area (Å²) in [4.78, 5) is 9.69. The van der Waals surface area contributed by atoms with E-state index in [-0.39, 0.29) is 6.04 Å². The van der Waals surface area contributed by atoms with Gasteiger partial charge >= 0.3 is 0 Å². The Bertz CT molecular complexity index is 1090. The normalized spacial score (nSPS) is 16.1. The zero-order valence-corrected chi connectivity index (χ0v) is 18.3. The van der Waals surface area contributed by atoms with Crippen LogP contribution in [0.1, 0.15) is 17.4 Å². The van der Waals surface area contributed by atoms with E-state index in [1.807, 2.05) is 16.8 Å². The van der Waals surface area contributed by atoms with Crippen LogP contribution in [0.2, 0.25) is 0 Å². The molecule has 0 aliphatic carbocycles. The second-order valence-corrected chi connectivity index (χ2v) is 8.56. The van der Waals surface area contributed by atoms with Crippen molar-refractivity contribution in [3.63, 3.8) is 0 Å². The van der Waals surface area contributed by atoms with E-state index in [4.69, 9.17) is 9.72 Å². The van der Waals surface area contributed by atoms with Gasteiger partial charge in [-0.05, 0) is 28.1 Å². The molecule has 1 fully saturated rings. The highest BCUT2D eigenvalue weighted by Crippen LogP contribution is 2.32. The van der Waals surface area contributed by atoms with Crippen molar-refractivity contribution >= 4 is 26.7 Å². The molecule has 0 amide bonds. The minimum Gasteiger partial charge on any atom is -0.383 e. The number of thiazole rings is 1. The summed E-state index contributed by atoms with van der Waals surface area (Å²) < 4.78 is 8.34. The average Bonchev–Trinajstić information content (AvgIpc) is 3.46. The lowest BCUT2D eigenvalue weighted by Crippen LogP contribution is -2.48. The fraction of sp³-hybridized carbons (Fsp3) is 0.364. The van der Waals surface area contributed by atoms with Crippen LogP contribution >= 0.6 is 11.3 Å². The number of nitrogens with zero attached hydrogens (tertiary/aromatic N) is 7. The van der Waals surface area contributed by atoms with Gasteiger partial charge in [-0.1, -0.05) is 53.8 Å². The van der Waals surface area contributed by atoms with E-state index in [0.29, 0.717) is 13.2 Å². The smallest absolute Gasteiger partial charge is 0.186 e. The van der Waals surface area contributed by atoms with Gasteiger partial charge in [0.25, 0.3) is 0 Å². The van der Waals surface area contributed by atoms with Crippen LogP contribution in [0.4, 0.5) is 5.13 Å². The molecule has 1 saturated heterocycles. The Morgan fingerprint density at radius 3 is 2.55 bits per heavy atom. The molecule has 0 radical (unpaired) electrons. The Morgan fingerprint density at radius 2 is 1.77 bits per heavy atom. The molecule has 3 heterocycles. The fourth-order valence-corrected chi connectivity index (χ4v) is 5.09. The van der Waals surface area contributed by atoms with E-state index in [9.17, 15) is 0 Å². The zero-order chi connectivity index (χ0) is 21.0. The fourth-order valence-electron chi connectivity index (χ4n) is 4.07. The third-order valence-electron chi connectivity index (χ3n) is 5.66. The first kappa shape index (κ1) is 20.0. The summed E-state index contributed by atoms with van der Waals surface area (Å²) in [6.07, 6.45) is 0. The molecule has 160 valence electrons. The second-order valence-electron chi connectivity index (χ2n) is 7.55. The Labute approximate surface area is 185 Å². The van der Waals surface area contributed by atoms with Gasteiger partial charge in [0.1, 0.15) is 0 Å². The van der Waals surface area contributed by atoms with Gasteiger partial charge in [0.05, 0.1) is 29.4 Å². The van der Waals surface area contributed by atoms with Gasteiger partial charge in [-0.25, -0.2) is 9.67 Å². The van der Waals surface area contributed by atoms with Crippen molar-refractivity contribution in [2.24, 2.45) is 0 Å². The lowest BCUT2D eigenvalue weighted by atomic mass is 10.0. The summed E-state index contributed by atoms with van der Waals surface area (Å²) >= 11 is 1.77. The number of tetrazole rings is 1. The molecular weight excluding hydrogens is 410 g/mol. The van der Waals surface area contributed by atoms with Crippen LogP contribution in [0, 0.1) is 0 Å². The monoisotopic (exact) mass is 435 g/mol. The topological polar surface area (TPSA) is 72.2 Å². The number of hydrogen-bond acceptors (Lipinski definition) is 8. The number of rotatable bonds is 7. The molecule has 8 nitrogen and oxygen atoms in total. The van der Waals surface area contributed by atoms with Gasteiger partial charge in [-0.3, -0.25) is 4.90 Å². The van der Waals surface area contributed by atoms with Crippen LogP contribution < -0.4 is 4.90 Å². The molecule has 1 aliphatic heterocycles. The number of methoxy groups -OCH3 is 1. The highest BCUT2D eigenvalue weighted by Gasteiger charge is 2.31. The van der Waals surface area contributed by atoms with Gasteiger partial charge in [-0.15, -0.1) is 5.10 Å². The molecule has 1 atom stereocenters. The van der Waals surface area contributed by atoms with Gasteiger partial charge in [0.2, 0.25) is 0 Å². The van der Waals surface area contributed by atoms with E-state index < -0.39 is 0 Å². The molecule has 9 heteroatoms. The first-order valence-electron chi connectivity index (χ1n) is 10.5. The quantitative estimate of drug-likeness (QED) is 0.442. The maximum Gasteiger partial charge on any atom is 0.186 e. The molecule has 2 aromatic heterocycles. The Kier molecular flexibility index (Phi) is 5.88. The van der Waals surface area contributed by atoms with E-state index in [1.54, 1.807) is 18.4 Å². The lowest BCUT2D eigenvalue weighted by molar-refractivity contribution is 0.172. The van der Waals surface area contributed by atoms with E-state index in [1.165, 1.54) is 10.3 Å². The summed E-state index contributed by atoms with van der Waals surface area (Å²) in [5.74, 6) is 0.858. The average molecular weight is 436 g/mol. The predicted molar refractivity (Wildman–Crippen MR) is 121 cm³/mol. The van der Waals surface area contributed by atoms with Crippen LogP contribution in [0.5, 0.6) is 0 Å². The molecular formula is C22H25N7OS. The van der Waals surface area contributed by atoms with Gasteiger partial charge < -0.3 is 9.64 Å². The van der Waals surface area contributed by atoms with Gasteiger partial charge in [-0.2, -0.15) is 0 Å². The molecule has 5 rings (SSSR count). The number of hydrogen-bond donors (Lipinski definition) is 0. The summed E-state index contributed by atoms with van der Waals surface area (Å²) in [6, 6.07) is 18.8. The lowest BCUT2D eigenvalue weighted by Gasteiger charge is -2.38. The standard InChI is InChI=1S/C22H25N7OS/c1-30-16-15-29-21(24-25-26-29)20(17-7-3-2-4-8-17)27-11-13-28(14-12-27)22-23-18-9-5-6-10-19(18)31-22/h2-10,20H,11-16H2,1H3. The van der Waals surface area contributed by atoms with Gasteiger partial charge in [0.15, 0.2) is 11.0 Å². The number of ether oxygens (including phenoxy) is 1. The molecule has 31 heavy (non-hydrogen) atoms. The number of aromatic nitrogens is 5. The van der Waals surface area contributed by atoms with E-state index >= 15 is 0 Å². The number of piperazine rings is 1. The van der Waals surface area contributed by atoms with Gasteiger partial charge in [0, 0.05) is 33.3 Å². The van der Waals surface area contributed by atoms with Crippen LogP contribution in [0.15, 0.2) is 54.6 Å². The molecule has 0 bridgehead atoms. The maximum atomic E-state index is 5.25. The predicted octanol–water partition coefficient (Wildman–Crippen LogP) is 2.84. The maximum absolute atomic E-state index is 5.25. The van der Waals surface area contributed by atoms with Crippen molar-refractivity contribution in [2.75, 3.05) is 44.8 Å². The van der Waals surface area contributed by atoms with Crippen molar-refractivity contribution in [1.82, 2.24) is 30.1 Å². The van der Waals surface area contributed by atoms with E-state index in [0.717, 1.165) is 42.7 Å². The number of para-hydroxylation sites is 1. The zero-order valence-electron chi connectivity index (χ0n) is 17.5. The van der Waals surface area contributed by atoms with Crippen molar-refractivity contribution in [3.05, 3.63) is 66.0 Å². The summed E-state index contributed by atoms with van der Waals surface area (Å²) in [5.41, 5.74) is 2.27. The SMILES string of the molecule is COCCn1nnnc1C(c1ccccc1)N1CCN(c2nc3ccccc3s2)CC1. The van der Waals surface area contributed by atoms with Crippen molar-refractivity contribution < 1.29 is 4.74 Å². The van der Waals surface area contributed by atoms with Crippen LogP contribution in [0.3, 0.4) is 0 Å². The molecule has 1 aliphatic rings. The van der Waals surface area contributed by atoms with Crippen LogP contribution in [-0.2, 0) is 11.3 Å². The number of anilines is 1. The second kappa shape index (κ2) is 9.09. The third-order valence-corrected chi connectivity index (χ3v) is 6.76. The summed E-state index contributed by atoms with van der Waals surface area (Å²) in [7, 11) is 1.69. The largest absolute Gasteiger partial charge is 0.383 e. The molecule has 0 saturated carbocycles. The molecule has 1 unspecified atom stereocenters. The molecule has 0 N–H and O–H groups in total. The van der Waals surface area contributed by atoms with Crippen molar-refractivity contribution in [2.45, 2.75) is 12.6 Å². The van der Waals surface area contributed by atoms with Crippen LogP contribution in [-0.4, -0.2) is 70.0 Å². The van der Waals surface area contributed by atoms with Crippen LogP contribution in [0.25, 0.3) is 10.2 Å². The first-order chi connectivity index (χ1) is 15.3. The minimum absolute atomic E-state index is 0.00516. The highest BCUT2D eigenvalue weighted by molar-refractivity contribution is 7.22. The number of fused-ring (bicyclic) bond motifs is 1. The van der Waals surface area contributed by atoms with Crippen molar-refractivity contribution in [3.8, 4) is 0 Å².